The standard InChI is InChI=1S/C19H13ClN2O3/c20-16-10-4-1-6-13(16)7-5-11-21-17(23)12-22-18(24)14-8-2-3-9-15(14)19(22)25/h1-4,6,8-10H,11-12H2,(H,21,23). The average Bonchev–Trinajstić information content (AvgIpc) is 2.85. The topological polar surface area (TPSA) is 66.5 Å². The molecule has 2 aromatic carbocycles. The van der Waals surface area contributed by atoms with E-state index in [4.69, 9.17) is 11.6 Å². The van der Waals surface area contributed by atoms with Crippen LogP contribution in [0.3, 0.4) is 0 Å². The van der Waals surface area contributed by atoms with E-state index in [1.807, 2.05) is 6.07 Å². The van der Waals surface area contributed by atoms with E-state index in [1.165, 1.54) is 0 Å². The van der Waals surface area contributed by atoms with E-state index in [-0.39, 0.29) is 13.1 Å². The molecule has 0 fully saturated rings. The predicted octanol–water partition coefficient (Wildman–Crippen LogP) is 2.10. The Labute approximate surface area is 149 Å². The molecule has 1 N–H and O–H groups in total. The zero-order chi connectivity index (χ0) is 17.8. The summed E-state index contributed by atoms with van der Waals surface area (Å²) in [4.78, 5) is 37.3. The largest absolute Gasteiger partial charge is 0.344 e. The van der Waals surface area contributed by atoms with E-state index in [9.17, 15) is 14.4 Å². The third kappa shape index (κ3) is 3.54. The fraction of sp³-hybridized carbons (Fsp3) is 0.105. The first-order chi connectivity index (χ1) is 12.1. The smallest absolute Gasteiger partial charge is 0.262 e. The summed E-state index contributed by atoms with van der Waals surface area (Å²) in [6.45, 7) is -0.243. The first kappa shape index (κ1) is 16.7. The Hall–Kier alpha value is -3.10. The molecule has 0 bridgehead atoms. The van der Waals surface area contributed by atoms with Gasteiger partial charge in [0.1, 0.15) is 6.54 Å². The zero-order valence-electron chi connectivity index (χ0n) is 13.1. The summed E-state index contributed by atoms with van der Waals surface area (Å²) in [6, 6.07) is 13.6. The molecule has 6 heteroatoms. The lowest BCUT2D eigenvalue weighted by Crippen LogP contribution is -2.40. The van der Waals surface area contributed by atoms with Crippen LogP contribution in [0.4, 0.5) is 0 Å². The second-order valence-corrected chi connectivity index (χ2v) is 5.71. The Morgan fingerprint density at radius 1 is 1.00 bits per heavy atom. The molecule has 1 aliphatic rings. The van der Waals surface area contributed by atoms with Crippen molar-refractivity contribution in [2.45, 2.75) is 0 Å². The van der Waals surface area contributed by atoms with E-state index < -0.39 is 17.7 Å². The normalized spacial score (nSPS) is 12.4. The van der Waals surface area contributed by atoms with Crippen molar-refractivity contribution in [3.05, 3.63) is 70.2 Å². The van der Waals surface area contributed by atoms with Gasteiger partial charge >= 0.3 is 0 Å². The highest BCUT2D eigenvalue weighted by Crippen LogP contribution is 2.21. The van der Waals surface area contributed by atoms with Gasteiger partial charge in [0, 0.05) is 5.56 Å². The van der Waals surface area contributed by atoms with E-state index in [2.05, 4.69) is 17.2 Å². The summed E-state index contributed by atoms with van der Waals surface area (Å²) >= 11 is 5.98. The van der Waals surface area contributed by atoms with Gasteiger partial charge in [0.05, 0.1) is 22.7 Å². The number of imide groups is 1. The van der Waals surface area contributed by atoms with E-state index in [1.54, 1.807) is 42.5 Å². The monoisotopic (exact) mass is 352 g/mol. The van der Waals surface area contributed by atoms with Crippen LogP contribution < -0.4 is 5.32 Å². The van der Waals surface area contributed by atoms with Gasteiger partial charge in [-0.1, -0.05) is 47.7 Å². The predicted molar refractivity (Wildman–Crippen MR) is 93.1 cm³/mol. The molecule has 25 heavy (non-hydrogen) atoms. The maximum Gasteiger partial charge on any atom is 0.262 e. The van der Waals surface area contributed by atoms with Crippen LogP contribution in [0.2, 0.25) is 5.02 Å². The Kier molecular flexibility index (Phi) is 4.82. The molecular formula is C19H13ClN2O3. The highest BCUT2D eigenvalue weighted by molar-refractivity contribution is 6.31. The molecule has 124 valence electrons. The number of carbonyl (C=O) groups is 3. The highest BCUT2D eigenvalue weighted by Gasteiger charge is 2.36. The Morgan fingerprint density at radius 3 is 2.24 bits per heavy atom. The Balaban J connectivity index is 1.57. The quantitative estimate of drug-likeness (QED) is 0.679. The molecule has 1 heterocycles. The van der Waals surface area contributed by atoms with Crippen molar-refractivity contribution in [1.29, 1.82) is 0 Å². The van der Waals surface area contributed by atoms with Crippen molar-refractivity contribution < 1.29 is 14.4 Å². The summed E-state index contributed by atoms with van der Waals surface area (Å²) in [5.41, 5.74) is 1.30. The van der Waals surface area contributed by atoms with Gasteiger partial charge in [-0.3, -0.25) is 19.3 Å². The maximum atomic E-state index is 12.2. The fourth-order valence-electron chi connectivity index (χ4n) is 2.43. The van der Waals surface area contributed by atoms with Gasteiger partial charge in [-0.2, -0.15) is 0 Å². The third-order valence-electron chi connectivity index (χ3n) is 3.65. The highest BCUT2D eigenvalue weighted by atomic mass is 35.5. The minimum absolute atomic E-state index is 0.0905. The number of carbonyl (C=O) groups excluding carboxylic acids is 3. The third-order valence-corrected chi connectivity index (χ3v) is 3.98. The van der Waals surface area contributed by atoms with Crippen LogP contribution in [-0.2, 0) is 4.79 Å². The summed E-state index contributed by atoms with van der Waals surface area (Å²) in [6.07, 6.45) is 0. The second-order valence-electron chi connectivity index (χ2n) is 5.30. The van der Waals surface area contributed by atoms with Crippen LogP contribution in [0.5, 0.6) is 0 Å². The van der Waals surface area contributed by atoms with Gasteiger partial charge in [0.25, 0.3) is 11.8 Å². The summed E-state index contributed by atoms with van der Waals surface area (Å²) in [5.74, 6) is 4.26. The number of halogens is 1. The van der Waals surface area contributed by atoms with Crippen LogP contribution in [0, 0.1) is 11.8 Å². The fourth-order valence-corrected chi connectivity index (χ4v) is 2.61. The van der Waals surface area contributed by atoms with Crippen molar-refractivity contribution in [3.8, 4) is 11.8 Å². The summed E-state index contributed by atoms with van der Waals surface area (Å²) < 4.78 is 0. The summed E-state index contributed by atoms with van der Waals surface area (Å²) in [5, 5.41) is 3.10. The van der Waals surface area contributed by atoms with Crippen molar-refractivity contribution in [2.75, 3.05) is 13.1 Å². The molecule has 0 unspecified atom stereocenters. The number of fused-ring (bicyclic) bond motifs is 1. The maximum absolute atomic E-state index is 12.2. The second kappa shape index (κ2) is 7.20. The first-order valence-electron chi connectivity index (χ1n) is 7.53. The number of rotatable bonds is 3. The lowest BCUT2D eigenvalue weighted by Gasteiger charge is -2.12. The van der Waals surface area contributed by atoms with Crippen molar-refractivity contribution >= 4 is 29.3 Å². The molecule has 0 aliphatic carbocycles. The minimum Gasteiger partial charge on any atom is -0.344 e. The van der Waals surface area contributed by atoms with Crippen LogP contribution in [0.15, 0.2) is 48.5 Å². The number of nitrogens with one attached hydrogen (secondary N) is 1. The van der Waals surface area contributed by atoms with Gasteiger partial charge < -0.3 is 5.32 Å². The number of amides is 3. The van der Waals surface area contributed by atoms with Crippen LogP contribution in [0.25, 0.3) is 0 Å². The Bertz CT molecular complexity index is 893. The van der Waals surface area contributed by atoms with E-state index in [0.29, 0.717) is 21.7 Å². The molecule has 0 atom stereocenters. The SMILES string of the molecule is O=C(CN1C(=O)c2ccccc2C1=O)NCC#Cc1ccccc1Cl. The van der Waals surface area contributed by atoms with Crippen LogP contribution >= 0.6 is 11.6 Å². The lowest BCUT2D eigenvalue weighted by molar-refractivity contribution is -0.121. The zero-order valence-corrected chi connectivity index (χ0v) is 13.8. The van der Waals surface area contributed by atoms with Gasteiger partial charge in [0.15, 0.2) is 0 Å². The molecule has 5 nitrogen and oxygen atoms in total. The molecule has 0 aromatic heterocycles. The van der Waals surface area contributed by atoms with Crippen molar-refractivity contribution in [1.82, 2.24) is 10.2 Å². The number of benzene rings is 2. The lowest BCUT2D eigenvalue weighted by atomic mass is 10.1. The van der Waals surface area contributed by atoms with Gasteiger partial charge in [-0.15, -0.1) is 0 Å². The van der Waals surface area contributed by atoms with Gasteiger partial charge in [-0.05, 0) is 24.3 Å². The van der Waals surface area contributed by atoms with Gasteiger partial charge in [-0.25, -0.2) is 0 Å². The molecule has 0 saturated carbocycles. The summed E-state index contributed by atoms with van der Waals surface area (Å²) in [7, 11) is 0. The molecule has 0 saturated heterocycles. The van der Waals surface area contributed by atoms with E-state index >= 15 is 0 Å². The number of nitrogens with zero attached hydrogens (tertiary/aromatic N) is 1. The minimum atomic E-state index is -0.460. The molecule has 0 radical (unpaired) electrons. The molecule has 0 spiro atoms. The molecule has 1 aliphatic heterocycles. The average molecular weight is 353 g/mol. The van der Waals surface area contributed by atoms with Crippen LogP contribution in [0.1, 0.15) is 26.3 Å². The van der Waals surface area contributed by atoms with Crippen molar-refractivity contribution in [3.63, 3.8) is 0 Å². The van der Waals surface area contributed by atoms with Crippen LogP contribution in [-0.4, -0.2) is 35.7 Å². The number of hydrogen-bond acceptors (Lipinski definition) is 3. The molecule has 2 aromatic rings. The number of hydrogen-bond donors (Lipinski definition) is 1. The molecule has 3 rings (SSSR count). The van der Waals surface area contributed by atoms with E-state index in [0.717, 1.165) is 4.90 Å². The van der Waals surface area contributed by atoms with Gasteiger partial charge in [0.2, 0.25) is 5.91 Å². The first-order valence-corrected chi connectivity index (χ1v) is 7.91. The van der Waals surface area contributed by atoms with Crippen molar-refractivity contribution in [2.24, 2.45) is 0 Å². The molecular weight excluding hydrogens is 340 g/mol. The molecule has 3 amide bonds. The Morgan fingerprint density at radius 2 is 1.60 bits per heavy atom.